The van der Waals surface area contributed by atoms with Gasteiger partial charge in [-0.2, -0.15) is 4.98 Å². The van der Waals surface area contributed by atoms with Crippen molar-refractivity contribution in [3.05, 3.63) is 86.3 Å². The van der Waals surface area contributed by atoms with E-state index in [1.165, 1.54) is 21.7 Å². The number of fused-ring (bicyclic) bond motifs is 2. The molecular weight excluding hydrogens is 577 g/mol. The van der Waals surface area contributed by atoms with Gasteiger partial charge in [0.15, 0.2) is 5.69 Å². The average molecular weight is 609 g/mol. The second-order valence-electron chi connectivity index (χ2n) is 10.2. The van der Waals surface area contributed by atoms with Crippen molar-refractivity contribution in [3.63, 3.8) is 0 Å². The summed E-state index contributed by atoms with van der Waals surface area (Å²) in [4.78, 5) is 21.6. The van der Waals surface area contributed by atoms with E-state index < -0.39 is 0 Å². The fourth-order valence-electron chi connectivity index (χ4n) is 6.81. The third kappa shape index (κ3) is 4.88. The molecule has 2 saturated heterocycles. The molecule has 1 spiro atoms. The van der Waals surface area contributed by atoms with Crippen LogP contribution in [0.5, 0.6) is 0 Å². The van der Waals surface area contributed by atoms with Crippen molar-refractivity contribution < 1.29 is 39.9 Å². The number of nitrogens with zero attached hydrogens (tertiary/aromatic N) is 1. The van der Waals surface area contributed by atoms with E-state index in [0.29, 0.717) is 11.8 Å². The van der Waals surface area contributed by atoms with Crippen LogP contribution in [-0.4, -0.2) is 30.4 Å². The van der Waals surface area contributed by atoms with E-state index in [9.17, 15) is 4.79 Å². The van der Waals surface area contributed by atoms with Gasteiger partial charge in [-0.25, -0.2) is 0 Å². The number of thiazole rings is 1. The highest BCUT2D eigenvalue weighted by atomic mass is 79.9. The van der Waals surface area contributed by atoms with Gasteiger partial charge in [0.25, 0.3) is 0 Å². The minimum atomic E-state index is -0.0324. The number of quaternary nitrogens is 1. The summed E-state index contributed by atoms with van der Waals surface area (Å²) in [6.45, 7) is 2.75. The van der Waals surface area contributed by atoms with E-state index in [1.807, 2.05) is 11.3 Å². The highest BCUT2D eigenvalue weighted by Gasteiger charge is 2.57. The number of likely N-dealkylation sites (tertiary alicyclic amines) is 1. The summed E-state index contributed by atoms with van der Waals surface area (Å²) in [5, 5.41) is 2.39. The minimum Gasteiger partial charge on any atom is -1.00 e. The number of piperidine rings is 1. The normalized spacial score (nSPS) is 27.1. The number of carbonyl (C=O) groups is 1. The summed E-state index contributed by atoms with van der Waals surface area (Å²) in [6, 6.07) is 21.7. The van der Waals surface area contributed by atoms with Gasteiger partial charge in [-0.05, 0) is 42.7 Å². The zero-order chi connectivity index (χ0) is 23.1. The third-order valence-corrected chi connectivity index (χ3v) is 10.3. The Kier molecular flexibility index (Phi) is 8.83. The van der Waals surface area contributed by atoms with Crippen LogP contribution in [-0.2, 0) is 16.6 Å². The predicted molar refractivity (Wildman–Crippen MR) is 138 cm³/mol. The molecule has 1 aliphatic carbocycles. The summed E-state index contributed by atoms with van der Waals surface area (Å²) < 4.78 is 1.09. The lowest BCUT2D eigenvalue weighted by Gasteiger charge is -2.43. The molecule has 3 N–H and O–H groups in total. The topological polar surface area (TPSA) is 51.1 Å². The molecule has 3 heterocycles. The zero-order valence-electron chi connectivity index (χ0n) is 20.1. The molecule has 2 aliphatic heterocycles. The van der Waals surface area contributed by atoms with Crippen LogP contribution in [0.15, 0.2) is 64.6 Å². The second-order valence-corrected chi connectivity index (χ2v) is 12.5. The predicted octanol–water partition coefficient (Wildman–Crippen LogP) is -1.75. The van der Waals surface area contributed by atoms with Crippen LogP contribution < -0.4 is 35.1 Å². The Balaban J connectivity index is 0.00000152. The van der Waals surface area contributed by atoms with Gasteiger partial charge in [-0.3, -0.25) is 4.79 Å². The fourth-order valence-corrected chi connectivity index (χ4v) is 8.70. The van der Waals surface area contributed by atoms with E-state index >= 15 is 0 Å². The number of H-pyrrole nitrogens is 1. The van der Waals surface area contributed by atoms with E-state index in [-0.39, 0.29) is 42.2 Å². The number of nitrogens with two attached hydrogens (primary N) is 1. The summed E-state index contributed by atoms with van der Waals surface area (Å²) in [5.74, 6) is 0.903. The molecule has 0 saturated carbocycles. The molecule has 0 radical (unpaired) electrons. The van der Waals surface area contributed by atoms with Crippen LogP contribution >= 0.6 is 27.3 Å². The molecule has 2 fully saturated rings. The quantitative estimate of drug-likeness (QED) is 0.377. The second kappa shape index (κ2) is 11.5. The summed E-state index contributed by atoms with van der Waals surface area (Å²) in [6.07, 6.45) is 5.39. The van der Waals surface area contributed by atoms with Crippen molar-refractivity contribution in [2.45, 2.75) is 49.5 Å². The number of nitrogens with one attached hydrogen (secondary N) is 1. The fraction of sp³-hybridized carbons (Fsp3) is 0.429. The highest BCUT2D eigenvalue weighted by Crippen LogP contribution is 2.48. The van der Waals surface area contributed by atoms with Gasteiger partial charge in [-0.1, -0.05) is 72.0 Å². The first-order valence-corrected chi connectivity index (χ1v) is 14.2. The number of halogens is 3. The van der Waals surface area contributed by atoms with Crippen LogP contribution in [0.2, 0.25) is 0 Å². The Morgan fingerprint density at radius 2 is 1.75 bits per heavy atom. The molecular formula is C28H32BrCl2N3OS. The zero-order valence-corrected chi connectivity index (χ0v) is 24.1. The molecule has 6 rings (SSSR count). The number of rotatable bonds is 3. The number of hydrogen-bond donors (Lipinski definition) is 1. The van der Waals surface area contributed by atoms with Crippen LogP contribution in [0, 0.1) is 5.92 Å². The Morgan fingerprint density at radius 3 is 2.47 bits per heavy atom. The molecule has 4 atom stereocenters. The van der Waals surface area contributed by atoms with Gasteiger partial charge in [0.2, 0.25) is 5.91 Å². The van der Waals surface area contributed by atoms with E-state index in [4.69, 9.17) is 0 Å². The van der Waals surface area contributed by atoms with E-state index in [1.54, 1.807) is 0 Å². The molecule has 1 amide bonds. The van der Waals surface area contributed by atoms with Crippen LogP contribution in [0.25, 0.3) is 0 Å². The van der Waals surface area contributed by atoms with E-state index in [2.05, 4.69) is 91.8 Å². The first-order valence-electron chi connectivity index (χ1n) is 12.6. The third-order valence-electron chi connectivity index (χ3n) is 8.43. The standard InChI is InChI=1S/C28H30BrN3OS.2ClH/c29-27-31-23-12-7-14-28(25(23)34-27)18-30-17-22(28)26(33)32-15-13-21(19-8-3-1-4-9-19)16-24(32)20-10-5-2-6-11-20;;/h1-6,8-11,21-22,24,30H,7,12-18H2;2*1H/t21-,22+,24+,28-;;/m1../s1. The molecule has 4 nitrogen and oxygen atoms in total. The Morgan fingerprint density at radius 1 is 1.06 bits per heavy atom. The maximum Gasteiger partial charge on any atom is 0.303 e. The number of aryl methyl sites for hydroxylation is 1. The molecule has 1 aromatic heterocycles. The van der Waals surface area contributed by atoms with Crippen LogP contribution in [0.1, 0.15) is 59.3 Å². The SMILES string of the molecule is O=C([C@@H]1C[NH2+]C[C@]12CCCc1[nH+]c(Br)sc12)N1CC[C@@H](c2ccccc2)C[C@H]1c1ccccc1.[Cl-].[Cl-]. The van der Waals surface area contributed by atoms with Gasteiger partial charge >= 0.3 is 3.92 Å². The van der Waals surface area contributed by atoms with Gasteiger partial charge in [0.1, 0.15) is 5.92 Å². The maximum absolute atomic E-state index is 14.4. The molecule has 8 heteroatoms. The summed E-state index contributed by atoms with van der Waals surface area (Å²) >= 11 is 5.50. The van der Waals surface area contributed by atoms with Gasteiger partial charge in [-0.15, -0.1) is 0 Å². The Bertz CT molecular complexity index is 1180. The number of aromatic amines is 1. The molecule has 192 valence electrons. The maximum atomic E-state index is 14.4. The van der Waals surface area contributed by atoms with Crippen molar-refractivity contribution in [2.24, 2.45) is 5.92 Å². The van der Waals surface area contributed by atoms with E-state index in [0.717, 1.165) is 55.7 Å². The van der Waals surface area contributed by atoms with Crippen LogP contribution in [0.3, 0.4) is 0 Å². The van der Waals surface area contributed by atoms with Gasteiger partial charge in [0, 0.05) is 28.9 Å². The molecule has 3 aliphatic rings. The lowest BCUT2D eigenvalue weighted by atomic mass is 9.68. The van der Waals surface area contributed by atoms with Gasteiger partial charge < -0.3 is 35.0 Å². The molecule has 0 unspecified atom stereocenters. The number of benzene rings is 2. The molecule has 0 bridgehead atoms. The van der Waals surface area contributed by atoms with Gasteiger partial charge in [0.05, 0.1) is 29.4 Å². The summed E-state index contributed by atoms with van der Waals surface area (Å²) in [7, 11) is 0. The van der Waals surface area contributed by atoms with Crippen molar-refractivity contribution in [3.8, 4) is 0 Å². The van der Waals surface area contributed by atoms with Crippen molar-refractivity contribution in [1.29, 1.82) is 0 Å². The smallest absolute Gasteiger partial charge is 0.303 e. The Labute approximate surface area is 238 Å². The largest absolute Gasteiger partial charge is 1.00 e. The highest BCUT2D eigenvalue weighted by molar-refractivity contribution is 9.11. The number of amides is 1. The molecule has 3 aromatic rings. The monoisotopic (exact) mass is 607 g/mol. The lowest BCUT2D eigenvalue weighted by Crippen LogP contribution is -3.00. The van der Waals surface area contributed by atoms with Crippen molar-refractivity contribution >= 4 is 33.2 Å². The van der Waals surface area contributed by atoms with Crippen LogP contribution in [0.4, 0.5) is 0 Å². The number of hydrogen-bond acceptors (Lipinski definition) is 2. The van der Waals surface area contributed by atoms with Crippen molar-refractivity contribution in [1.82, 2.24) is 4.90 Å². The average Bonchev–Trinajstić information content (AvgIpc) is 3.48. The molecule has 36 heavy (non-hydrogen) atoms. The number of aromatic nitrogens is 1. The lowest BCUT2D eigenvalue weighted by molar-refractivity contribution is -0.640. The minimum absolute atomic E-state index is 0. The van der Waals surface area contributed by atoms with Crippen molar-refractivity contribution in [2.75, 3.05) is 19.6 Å². The first-order chi connectivity index (χ1) is 16.7. The summed E-state index contributed by atoms with van der Waals surface area (Å²) in [5.41, 5.74) is 3.98. The first kappa shape index (κ1) is 27.6. The molecule has 2 aromatic carbocycles. The number of carbonyl (C=O) groups excluding carboxylic acids is 1. The Hall–Kier alpha value is -1.44.